The molecule has 2 atom stereocenters. The largest absolute Gasteiger partial charge is 0.372 e. The molecule has 4 rings (SSSR count). The highest BCUT2D eigenvalue weighted by Gasteiger charge is 2.28. The fraction of sp³-hybridized carbons (Fsp3) is 0.316. The number of morpholine rings is 1. The predicted molar refractivity (Wildman–Crippen MR) is 99.9 cm³/mol. The third kappa shape index (κ3) is 2.85. The number of halogens is 1. The van der Waals surface area contributed by atoms with Crippen molar-refractivity contribution < 1.29 is 14.1 Å². The molecule has 3 aromatic rings. The number of aromatic nitrogens is 2. The number of hydrogen-bond donors (Lipinski definition) is 0. The first-order valence-corrected chi connectivity index (χ1v) is 8.84. The molecule has 0 saturated carbocycles. The maximum atomic E-state index is 11.8. The highest BCUT2D eigenvalue weighted by molar-refractivity contribution is 6.38. The Balaban J connectivity index is 1.88. The molecule has 0 aliphatic carbocycles. The summed E-state index contributed by atoms with van der Waals surface area (Å²) in [7, 11) is 0. The lowest BCUT2D eigenvalue weighted by molar-refractivity contribution is -0.00524. The quantitative estimate of drug-likeness (QED) is 0.649. The van der Waals surface area contributed by atoms with Crippen LogP contribution in [0.2, 0.25) is 5.02 Å². The number of carbonyl (C=O) groups is 1. The Morgan fingerprint density at radius 1 is 1.23 bits per heavy atom. The van der Waals surface area contributed by atoms with Crippen molar-refractivity contribution in [2.24, 2.45) is 0 Å². The van der Waals surface area contributed by atoms with Gasteiger partial charge >= 0.3 is 0 Å². The van der Waals surface area contributed by atoms with Gasteiger partial charge in [0, 0.05) is 36.6 Å². The Morgan fingerprint density at radius 2 is 1.92 bits per heavy atom. The standard InChI is InChI=1S/C19H18ClN3O3/c1-11-8-23(9-12(2)25-11)18-14(10-24)7-15-17(13-3-5-21-6-4-13)22-26-19(15)16(18)20/h3-7,10-12H,8-9H2,1-2H3. The van der Waals surface area contributed by atoms with E-state index < -0.39 is 0 Å². The highest BCUT2D eigenvalue weighted by Crippen LogP contribution is 2.40. The van der Waals surface area contributed by atoms with E-state index in [4.69, 9.17) is 20.9 Å². The van der Waals surface area contributed by atoms with E-state index in [1.165, 1.54) is 0 Å². The van der Waals surface area contributed by atoms with Crippen molar-refractivity contribution in [2.45, 2.75) is 26.1 Å². The van der Waals surface area contributed by atoms with Crippen LogP contribution in [0.15, 0.2) is 35.1 Å². The van der Waals surface area contributed by atoms with Crippen LogP contribution in [-0.4, -0.2) is 41.7 Å². The molecule has 6 nitrogen and oxygen atoms in total. The molecule has 1 fully saturated rings. The lowest BCUT2D eigenvalue weighted by Gasteiger charge is -2.37. The summed E-state index contributed by atoms with van der Waals surface area (Å²) in [6, 6.07) is 5.47. The first-order valence-electron chi connectivity index (χ1n) is 8.46. The summed E-state index contributed by atoms with van der Waals surface area (Å²) in [5.74, 6) is 0. The average molecular weight is 372 g/mol. The topological polar surface area (TPSA) is 68.5 Å². The molecule has 0 N–H and O–H groups in total. The fourth-order valence-corrected chi connectivity index (χ4v) is 3.90. The lowest BCUT2D eigenvalue weighted by atomic mass is 10.0. The molecule has 1 saturated heterocycles. The number of benzene rings is 1. The molecule has 134 valence electrons. The van der Waals surface area contributed by atoms with E-state index in [0.29, 0.717) is 46.0 Å². The number of carbonyl (C=O) groups excluding carboxylic acids is 1. The zero-order valence-corrected chi connectivity index (χ0v) is 15.2. The Bertz CT molecular complexity index is 948. The van der Waals surface area contributed by atoms with Crippen LogP contribution in [0.5, 0.6) is 0 Å². The van der Waals surface area contributed by atoms with Gasteiger partial charge in [0.05, 0.1) is 23.3 Å². The molecule has 1 aromatic carbocycles. The van der Waals surface area contributed by atoms with E-state index >= 15 is 0 Å². The minimum absolute atomic E-state index is 0.0483. The van der Waals surface area contributed by atoms with E-state index in [1.54, 1.807) is 18.5 Å². The van der Waals surface area contributed by atoms with Gasteiger partial charge < -0.3 is 14.2 Å². The second-order valence-electron chi connectivity index (χ2n) is 6.55. The van der Waals surface area contributed by atoms with Gasteiger partial charge in [0.1, 0.15) is 10.7 Å². The van der Waals surface area contributed by atoms with Gasteiger partial charge in [-0.15, -0.1) is 0 Å². The van der Waals surface area contributed by atoms with E-state index in [1.807, 2.05) is 26.0 Å². The van der Waals surface area contributed by atoms with Crippen molar-refractivity contribution in [2.75, 3.05) is 18.0 Å². The van der Waals surface area contributed by atoms with Crippen LogP contribution in [0, 0.1) is 0 Å². The molecule has 2 unspecified atom stereocenters. The maximum absolute atomic E-state index is 11.8. The van der Waals surface area contributed by atoms with Crippen molar-refractivity contribution >= 4 is 34.5 Å². The van der Waals surface area contributed by atoms with E-state index in [-0.39, 0.29) is 12.2 Å². The Labute approximate surface area is 155 Å². The minimum Gasteiger partial charge on any atom is -0.372 e. The third-order valence-electron chi connectivity index (χ3n) is 4.53. The van der Waals surface area contributed by atoms with Crippen LogP contribution in [0.25, 0.3) is 22.2 Å². The molecule has 0 radical (unpaired) electrons. The van der Waals surface area contributed by atoms with E-state index in [9.17, 15) is 4.79 Å². The molecule has 0 amide bonds. The van der Waals surface area contributed by atoms with Crippen molar-refractivity contribution in [1.29, 1.82) is 0 Å². The molecule has 26 heavy (non-hydrogen) atoms. The van der Waals surface area contributed by atoms with Gasteiger partial charge in [0.15, 0.2) is 11.9 Å². The minimum atomic E-state index is 0.0483. The molecule has 7 heteroatoms. The normalized spacial score (nSPS) is 20.5. The van der Waals surface area contributed by atoms with Gasteiger partial charge in [-0.1, -0.05) is 16.8 Å². The zero-order chi connectivity index (χ0) is 18.3. The third-order valence-corrected chi connectivity index (χ3v) is 4.88. The number of nitrogens with zero attached hydrogens (tertiary/aromatic N) is 3. The van der Waals surface area contributed by atoms with Gasteiger partial charge in [-0.25, -0.2) is 0 Å². The van der Waals surface area contributed by atoms with Crippen LogP contribution < -0.4 is 4.90 Å². The number of rotatable bonds is 3. The smallest absolute Gasteiger partial charge is 0.188 e. The van der Waals surface area contributed by atoms with Gasteiger partial charge in [-0.2, -0.15) is 0 Å². The molecule has 2 aromatic heterocycles. The van der Waals surface area contributed by atoms with Gasteiger partial charge in [0.25, 0.3) is 0 Å². The molecule has 0 spiro atoms. The van der Waals surface area contributed by atoms with E-state index in [0.717, 1.165) is 11.8 Å². The fourth-order valence-electron chi connectivity index (χ4n) is 3.54. The second kappa shape index (κ2) is 6.70. The summed E-state index contributed by atoms with van der Waals surface area (Å²) in [6.45, 7) is 5.32. The Morgan fingerprint density at radius 3 is 2.58 bits per heavy atom. The lowest BCUT2D eigenvalue weighted by Crippen LogP contribution is -2.46. The van der Waals surface area contributed by atoms with E-state index in [2.05, 4.69) is 15.0 Å². The summed E-state index contributed by atoms with van der Waals surface area (Å²) in [6.07, 6.45) is 4.29. The van der Waals surface area contributed by atoms with Crippen molar-refractivity contribution in [3.63, 3.8) is 0 Å². The first kappa shape index (κ1) is 17.0. The Hall–Kier alpha value is -2.44. The number of fused-ring (bicyclic) bond motifs is 1. The van der Waals surface area contributed by atoms with Crippen LogP contribution in [0.4, 0.5) is 5.69 Å². The monoisotopic (exact) mass is 371 g/mol. The summed E-state index contributed by atoms with van der Waals surface area (Å²) in [5.41, 5.74) is 3.16. The number of ether oxygens (including phenoxy) is 1. The van der Waals surface area contributed by atoms with Crippen molar-refractivity contribution in [3.05, 3.63) is 41.2 Å². The second-order valence-corrected chi connectivity index (χ2v) is 6.93. The first-order chi connectivity index (χ1) is 12.6. The van der Waals surface area contributed by atoms with Gasteiger partial charge in [-0.05, 0) is 32.0 Å². The van der Waals surface area contributed by atoms with Crippen molar-refractivity contribution in [1.82, 2.24) is 10.1 Å². The molecule has 0 bridgehead atoms. The van der Waals surface area contributed by atoms with Crippen molar-refractivity contribution in [3.8, 4) is 11.3 Å². The SMILES string of the molecule is CC1CN(c2c(C=O)cc3c(-c4ccncc4)noc3c2Cl)CC(C)O1. The summed E-state index contributed by atoms with van der Waals surface area (Å²) in [5, 5.41) is 5.28. The molecule has 1 aliphatic rings. The predicted octanol–water partition coefficient (Wildman–Crippen LogP) is 3.97. The van der Waals surface area contributed by atoms with Gasteiger partial charge in [-0.3, -0.25) is 9.78 Å². The van der Waals surface area contributed by atoms with Crippen LogP contribution >= 0.6 is 11.6 Å². The summed E-state index contributed by atoms with van der Waals surface area (Å²) in [4.78, 5) is 17.9. The highest BCUT2D eigenvalue weighted by atomic mass is 35.5. The molecular weight excluding hydrogens is 354 g/mol. The molecule has 3 heterocycles. The number of pyridine rings is 1. The van der Waals surface area contributed by atoms with Crippen LogP contribution in [0.3, 0.4) is 0 Å². The maximum Gasteiger partial charge on any atom is 0.188 e. The summed E-state index contributed by atoms with van der Waals surface area (Å²) < 4.78 is 11.3. The number of anilines is 1. The number of aldehydes is 1. The van der Waals surface area contributed by atoms with Gasteiger partial charge in [0.2, 0.25) is 0 Å². The molecule has 1 aliphatic heterocycles. The van der Waals surface area contributed by atoms with Crippen LogP contribution in [-0.2, 0) is 4.74 Å². The average Bonchev–Trinajstić information content (AvgIpc) is 3.05. The van der Waals surface area contributed by atoms with Crippen LogP contribution in [0.1, 0.15) is 24.2 Å². The number of hydrogen-bond acceptors (Lipinski definition) is 6. The Kier molecular flexibility index (Phi) is 4.38. The summed E-state index contributed by atoms with van der Waals surface area (Å²) >= 11 is 6.67. The zero-order valence-electron chi connectivity index (χ0n) is 14.5. The molecular formula is C19H18ClN3O3.